The standard InChI is InChI=1S/C16H17ClN4O4S/c1-3-11(2)18-19-15-8-7-14(10-16(15)21(22)23)26(24,25)20-13-6-4-5-12(17)9-13/h4-10,19-20H,3H2,1-2H3/b18-11-. The minimum Gasteiger partial charge on any atom is -0.280 e. The Morgan fingerprint density at radius 2 is 2.00 bits per heavy atom. The molecule has 138 valence electrons. The Morgan fingerprint density at radius 1 is 1.27 bits per heavy atom. The van der Waals surface area contributed by atoms with Gasteiger partial charge in [0.2, 0.25) is 0 Å². The molecule has 0 aliphatic heterocycles. The Bertz CT molecular complexity index is 960. The molecule has 0 aliphatic rings. The highest BCUT2D eigenvalue weighted by molar-refractivity contribution is 7.92. The number of sulfonamides is 1. The van der Waals surface area contributed by atoms with Crippen molar-refractivity contribution in [2.24, 2.45) is 5.10 Å². The first-order chi connectivity index (χ1) is 12.2. The molecular weight excluding hydrogens is 380 g/mol. The average Bonchev–Trinajstić information content (AvgIpc) is 2.58. The van der Waals surface area contributed by atoms with E-state index in [2.05, 4.69) is 15.2 Å². The van der Waals surface area contributed by atoms with Gasteiger partial charge in [-0.05, 0) is 43.7 Å². The van der Waals surface area contributed by atoms with E-state index in [1.807, 2.05) is 6.92 Å². The highest BCUT2D eigenvalue weighted by Crippen LogP contribution is 2.29. The molecule has 0 saturated carbocycles. The zero-order valence-corrected chi connectivity index (χ0v) is 15.6. The number of hydrogen-bond donors (Lipinski definition) is 2. The molecule has 2 rings (SSSR count). The quantitative estimate of drug-likeness (QED) is 0.412. The second-order valence-electron chi connectivity index (χ2n) is 5.36. The highest BCUT2D eigenvalue weighted by atomic mass is 35.5. The van der Waals surface area contributed by atoms with Gasteiger partial charge >= 0.3 is 0 Å². The van der Waals surface area contributed by atoms with Gasteiger partial charge in [-0.2, -0.15) is 5.10 Å². The Hall–Kier alpha value is -2.65. The average molecular weight is 397 g/mol. The predicted octanol–water partition coefficient (Wildman–Crippen LogP) is 4.25. The summed E-state index contributed by atoms with van der Waals surface area (Å²) in [6, 6.07) is 9.69. The molecule has 0 saturated heterocycles. The number of hydrazone groups is 1. The minimum atomic E-state index is -4.02. The van der Waals surface area contributed by atoms with Gasteiger partial charge in [-0.15, -0.1) is 0 Å². The maximum Gasteiger partial charge on any atom is 0.295 e. The second kappa shape index (κ2) is 8.15. The topological polar surface area (TPSA) is 114 Å². The molecule has 0 amide bonds. The molecule has 0 aliphatic carbocycles. The van der Waals surface area contributed by atoms with E-state index in [4.69, 9.17) is 11.6 Å². The fourth-order valence-electron chi connectivity index (χ4n) is 1.92. The number of nitrogens with one attached hydrogen (secondary N) is 2. The lowest BCUT2D eigenvalue weighted by atomic mass is 10.3. The molecule has 0 bridgehead atoms. The Morgan fingerprint density at radius 3 is 2.62 bits per heavy atom. The molecule has 2 aromatic rings. The smallest absolute Gasteiger partial charge is 0.280 e. The molecule has 2 N–H and O–H groups in total. The molecule has 0 heterocycles. The number of halogens is 1. The molecule has 0 aromatic heterocycles. The summed E-state index contributed by atoms with van der Waals surface area (Å²) in [7, 11) is -4.02. The number of rotatable bonds is 7. The van der Waals surface area contributed by atoms with Crippen LogP contribution < -0.4 is 10.1 Å². The third kappa shape index (κ3) is 4.93. The van der Waals surface area contributed by atoms with E-state index >= 15 is 0 Å². The first-order valence-electron chi connectivity index (χ1n) is 7.59. The molecular formula is C16H17ClN4O4S. The Kier molecular flexibility index (Phi) is 6.17. The fraction of sp³-hybridized carbons (Fsp3) is 0.188. The van der Waals surface area contributed by atoms with Crippen LogP contribution in [0.1, 0.15) is 20.3 Å². The van der Waals surface area contributed by atoms with E-state index in [0.29, 0.717) is 11.4 Å². The summed E-state index contributed by atoms with van der Waals surface area (Å²) in [5.74, 6) is 0. The van der Waals surface area contributed by atoms with Gasteiger partial charge in [-0.25, -0.2) is 8.42 Å². The van der Waals surface area contributed by atoms with Crippen molar-refractivity contribution in [3.05, 3.63) is 57.6 Å². The van der Waals surface area contributed by atoms with Crippen LogP contribution in [0, 0.1) is 10.1 Å². The molecule has 0 unspecified atom stereocenters. The largest absolute Gasteiger partial charge is 0.295 e. The van der Waals surface area contributed by atoms with Gasteiger partial charge in [-0.1, -0.05) is 24.6 Å². The second-order valence-corrected chi connectivity index (χ2v) is 7.48. The SMILES string of the molecule is CC/C(C)=N\Nc1ccc(S(=O)(=O)Nc2cccc(Cl)c2)cc1[N+](=O)[O-]. The number of nitro groups is 1. The maximum atomic E-state index is 12.5. The van der Waals surface area contributed by atoms with E-state index in [1.165, 1.54) is 24.3 Å². The van der Waals surface area contributed by atoms with Gasteiger partial charge in [0.1, 0.15) is 5.69 Å². The van der Waals surface area contributed by atoms with Gasteiger partial charge in [0, 0.05) is 16.8 Å². The van der Waals surface area contributed by atoms with Crippen LogP contribution in [-0.2, 0) is 10.0 Å². The van der Waals surface area contributed by atoms with Crippen molar-refractivity contribution < 1.29 is 13.3 Å². The van der Waals surface area contributed by atoms with Crippen molar-refractivity contribution in [3.63, 3.8) is 0 Å². The molecule has 10 heteroatoms. The number of anilines is 2. The van der Waals surface area contributed by atoms with Crippen molar-refractivity contribution in [3.8, 4) is 0 Å². The highest BCUT2D eigenvalue weighted by Gasteiger charge is 2.21. The van der Waals surface area contributed by atoms with Crippen molar-refractivity contribution >= 4 is 44.4 Å². The molecule has 0 spiro atoms. The van der Waals surface area contributed by atoms with Gasteiger partial charge in [0.05, 0.1) is 15.5 Å². The molecule has 0 atom stereocenters. The van der Waals surface area contributed by atoms with Crippen LogP contribution in [0.4, 0.5) is 17.1 Å². The van der Waals surface area contributed by atoms with Crippen LogP contribution in [0.5, 0.6) is 0 Å². The summed E-state index contributed by atoms with van der Waals surface area (Å²) in [5.41, 5.74) is 3.30. The van der Waals surface area contributed by atoms with Crippen LogP contribution in [0.15, 0.2) is 52.5 Å². The van der Waals surface area contributed by atoms with Crippen molar-refractivity contribution in [2.75, 3.05) is 10.1 Å². The monoisotopic (exact) mass is 396 g/mol. The van der Waals surface area contributed by atoms with Crippen LogP contribution in [0.25, 0.3) is 0 Å². The zero-order chi connectivity index (χ0) is 19.3. The summed E-state index contributed by atoms with van der Waals surface area (Å²) in [5, 5.41) is 15.7. The fourth-order valence-corrected chi connectivity index (χ4v) is 3.18. The van der Waals surface area contributed by atoms with Gasteiger partial charge in [0.25, 0.3) is 15.7 Å². The number of benzene rings is 2. The maximum absolute atomic E-state index is 12.5. The number of nitrogens with zero attached hydrogens (tertiary/aromatic N) is 2. The van der Waals surface area contributed by atoms with Crippen molar-refractivity contribution in [2.45, 2.75) is 25.2 Å². The van der Waals surface area contributed by atoms with Crippen LogP contribution in [-0.4, -0.2) is 19.1 Å². The molecule has 2 aromatic carbocycles. The van der Waals surface area contributed by atoms with Gasteiger partial charge in [0.15, 0.2) is 0 Å². The van der Waals surface area contributed by atoms with E-state index in [0.717, 1.165) is 11.8 Å². The summed E-state index contributed by atoms with van der Waals surface area (Å²) in [6.45, 7) is 3.67. The molecule has 8 nitrogen and oxygen atoms in total. The molecule has 0 fully saturated rings. The van der Waals surface area contributed by atoms with E-state index in [-0.39, 0.29) is 16.3 Å². The Labute approximate surface area is 156 Å². The third-order valence-electron chi connectivity index (χ3n) is 3.43. The van der Waals surface area contributed by atoms with Crippen LogP contribution >= 0.6 is 11.6 Å². The summed E-state index contributed by atoms with van der Waals surface area (Å²) in [6.07, 6.45) is 0.677. The van der Waals surface area contributed by atoms with Gasteiger partial charge in [-0.3, -0.25) is 20.3 Å². The minimum absolute atomic E-state index is 0.101. The summed E-state index contributed by atoms with van der Waals surface area (Å²) < 4.78 is 27.3. The lowest BCUT2D eigenvalue weighted by molar-refractivity contribution is -0.384. The van der Waals surface area contributed by atoms with Crippen molar-refractivity contribution in [1.29, 1.82) is 0 Å². The summed E-state index contributed by atoms with van der Waals surface area (Å²) >= 11 is 5.83. The molecule has 0 radical (unpaired) electrons. The van der Waals surface area contributed by atoms with E-state index in [9.17, 15) is 18.5 Å². The van der Waals surface area contributed by atoms with E-state index in [1.54, 1.807) is 19.1 Å². The van der Waals surface area contributed by atoms with Crippen molar-refractivity contribution in [1.82, 2.24) is 0 Å². The lowest BCUT2D eigenvalue weighted by Crippen LogP contribution is -2.13. The first-order valence-corrected chi connectivity index (χ1v) is 9.45. The molecule has 26 heavy (non-hydrogen) atoms. The number of nitro benzene ring substituents is 1. The van der Waals surface area contributed by atoms with E-state index < -0.39 is 20.6 Å². The summed E-state index contributed by atoms with van der Waals surface area (Å²) in [4.78, 5) is 10.4. The third-order valence-corrected chi connectivity index (χ3v) is 5.05. The Balaban J connectivity index is 2.37. The van der Waals surface area contributed by atoms with Gasteiger partial charge < -0.3 is 0 Å². The van der Waals surface area contributed by atoms with Crippen LogP contribution in [0.2, 0.25) is 5.02 Å². The zero-order valence-electron chi connectivity index (χ0n) is 14.1. The number of hydrogen-bond acceptors (Lipinski definition) is 6. The first kappa shape index (κ1) is 19.7. The predicted molar refractivity (Wildman–Crippen MR) is 102 cm³/mol. The lowest BCUT2D eigenvalue weighted by Gasteiger charge is -2.10. The normalized spacial score (nSPS) is 11.9. The van der Waals surface area contributed by atoms with Crippen LogP contribution in [0.3, 0.4) is 0 Å².